The summed E-state index contributed by atoms with van der Waals surface area (Å²) in [5.41, 5.74) is -0.544. The second-order valence-corrected chi connectivity index (χ2v) is 3.88. The summed E-state index contributed by atoms with van der Waals surface area (Å²) in [5.74, 6) is -0.711. The molecule has 0 aliphatic rings. The lowest BCUT2D eigenvalue weighted by atomic mass is 10.2. The van der Waals surface area contributed by atoms with Gasteiger partial charge in [0.05, 0.1) is 21.7 Å². The van der Waals surface area contributed by atoms with Crippen LogP contribution >= 0.6 is 27.5 Å². The third-order valence-corrected chi connectivity index (χ3v) is 3.10. The Hall–Kier alpha value is -0.750. The molecule has 0 amide bonds. The Morgan fingerprint density at radius 2 is 2.31 bits per heavy atom. The van der Waals surface area contributed by atoms with E-state index in [1.807, 2.05) is 0 Å². The number of carbonyl (C=O) groups is 1. The van der Waals surface area contributed by atoms with Crippen molar-refractivity contribution < 1.29 is 18.3 Å². The number of aromatic nitrogens is 1. The highest BCUT2D eigenvalue weighted by Crippen LogP contribution is 2.34. The van der Waals surface area contributed by atoms with Crippen LogP contribution in [-0.2, 0) is 4.74 Å². The molecule has 3 nitrogen and oxygen atoms in total. The minimum Gasteiger partial charge on any atom is -0.461 e. The van der Waals surface area contributed by atoms with Crippen molar-refractivity contribution in [2.75, 3.05) is 6.61 Å². The fourth-order valence-electron chi connectivity index (χ4n) is 0.972. The van der Waals surface area contributed by atoms with Gasteiger partial charge in [0, 0.05) is 6.20 Å². The summed E-state index contributed by atoms with van der Waals surface area (Å²) >= 11 is 8.60. The summed E-state index contributed by atoms with van der Waals surface area (Å²) < 4.78 is 29.6. The topological polar surface area (TPSA) is 39.2 Å². The average molecular weight is 315 g/mol. The lowest BCUT2D eigenvalue weighted by Gasteiger charge is -2.08. The van der Waals surface area contributed by atoms with E-state index in [9.17, 15) is 13.6 Å². The highest BCUT2D eigenvalue weighted by molar-refractivity contribution is 9.10. The van der Waals surface area contributed by atoms with Gasteiger partial charge >= 0.3 is 5.97 Å². The lowest BCUT2D eigenvalue weighted by Crippen LogP contribution is -2.09. The van der Waals surface area contributed by atoms with Gasteiger partial charge in [0.2, 0.25) is 0 Å². The van der Waals surface area contributed by atoms with E-state index in [0.717, 1.165) is 6.20 Å². The van der Waals surface area contributed by atoms with E-state index < -0.39 is 18.0 Å². The van der Waals surface area contributed by atoms with Gasteiger partial charge < -0.3 is 4.74 Å². The predicted octanol–water partition coefficient (Wildman–Crippen LogP) is 3.61. The molecule has 0 aromatic carbocycles. The van der Waals surface area contributed by atoms with Crippen molar-refractivity contribution in [3.63, 3.8) is 0 Å². The maximum Gasteiger partial charge on any atom is 0.358 e. The molecule has 0 spiro atoms. The van der Waals surface area contributed by atoms with E-state index >= 15 is 0 Å². The summed E-state index contributed by atoms with van der Waals surface area (Å²) in [7, 11) is 0. The van der Waals surface area contributed by atoms with Crippen LogP contribution in [-0.4, -0.2) is 17.6 Å². The van der Waals surface area contributed by atoms with E-state index in [1.165, 1.54) is 0 Å². The lowest BCUT2D eigenvalue weighted by molar-refractivity contribution is 0.0517. The summed E-state index contributed by atoms with van der Waals surface area (Å²) in [6, 6.07) is 0. The van der Waals surface area contributed by atoms with Gasteiger partial charge in [0.1, 0.15) is 0 Å². The quantitative estimate of drug-likeness (QED) is 0.800. The van der Waals surface area contributed by atoms with Crippen LogP contribution in [0.25, 0.3) is 0 Å². The molecule has 0 fully saturated rings. The number of carbonyl (C=O) groups excluding carboxylic acids is 1. The number of halogens is 4. The first kappa shape index (κ1) is 13.3. The van der Waals surface area contributed by atoms with Gasteiger partial charge in [0.25, 0.3) is 6.43 Å². The van der Waals surface area contributed by atoms with E-state index in [-0.39, 0.29) is 21.8 Å². The number of hydrogen-bond donors (Lipinski definition) is 0. The molecule has 7 heteroatoms. The third-order valence-electron chi connectivity index (χ3n) is 1.69. The van der Waals surface area contributed by atoms with Gasteiger partial charge in [-0.3, -0.25) is 0 Å². The molecule has 0 bridgehead atoms. The van der Waals surface area contributed by atoms with Crippen molar-refractivity contribution in [2.24, 2.45) is 0 Å². The SMILES string of the molecule is CCOC(=O)c1ncc(C(F)F)c(Cl)c1Br. The van der Waals surface area contributed by atoms with Crippen molar-refractivity contribution in [3.05, 3.63) is 26.9 Å². The number of ether oxygens (including phenoxy) is 1. The number of alkyl halides is 2. The fourth-order valence-corrected chi connectivity index (χ4v) is 1.69. The minimum absolute atomic E-state index is 0.0189. The zero-order valence-electron chi connectivity index (χ0n) is 8.14. The summed E-state index contributed by atoms with van der Waals surface area (Å²) in [5, 5.41) is -0.229. The Morgan fingerprint density at radius 3 is 2.81 bits per heavy atom. The van der Waals surface area contributed by atoms with Crippen molar-refractivity contribution in [3.8, 4) is 0 Å². The van der Waals surface area contributed by atoms with Gasteiger partial charge in [0.15, 0.2) is 5.69 Å². The molecule has 0 unspecified atom stereocenters. The Morgan fingerprint density at radius 1 is 1.69 bits per heavy atom. The van der Waals surface area contributed by atoms with E-state index in [0.29, 0.717) is 0 Å². The number of pyridine rings is 1. The number of esters is 1. The van der Waals surface area contributed by atoms with E-state index in [4.69, 9.17) is 11.6 Å². The summed E-state index contributed by atoms with van der Waals surface area (Å²) in [4.78, 5) is 14.9. The zero-order chi connectivity index (χ0) is 12.3. The maximum absolute atomic E-state index is 12.4. The van der Waals surface area contributed by atoms with Crippen molar-refractivity contribution in [2.45, 2.75) is 13.3 Å². The number of hydrogen-bond acceptors (Lipinski definition) is 3. The van der Waals surface area contributed by atoms with Gasteiger partial charge in [-0.25, -0.2) is 18.6 Å². The first-order valence-electron chi connectivity index (χ1n) is 4.28. The summed E-state index contributed by atoms with van der Waals surface area (Å²) in [6.07, 6.45) is -1.88. The van der Waals surface area contributed by atoms with Crippen LogP contribution in [0.15, 0.2) is 10.7 Å². The van der Waals surface area contributed by atoms with Crippen LogP contribution in [0, 0.1) is 0 Å². The zero-order valence-corrected chi connectivity index (χ0v) is 10.5. The van der Waals surface area contributed by atoms with Crippen LogP contribution in [0.3, 0.4) is 0 Å². The second-order valence-electron chi connectivity index (χ2n) is 2.71. The highest BCUT2D eigenvalue weighted by Gasteiger charge is 2.21. The summed E-state index contributed by atoms with van der Waals surface area (Å²) in [6.45, 7) is 1.79. The van der Waals surface area contributed by atoms with Crippen molar-refractivity contribution in [1.82, 2.24) is 4.98 Å². The van der Waals surface area contributed by atoms with Gasteiger partial charge in [-0.2, -0.15) is 0 Å². The van der Waals surface area contributed by atoms with Crippen LogP contribution in [0.1, 0.15) is 29.4 Å². The van der Waals surface area contributed by atoms with Crippen LogP contribution in [0.5, 0.6) is 0 Å². The van der Waals surface area contributed by atoms with Crippen LogP contribution in [0.4, 0.5) is 8.78 Å². The van der Waals surface area contributed by atoms with E-state index in [1.54, 1.807) is 6.92 Å². The predicted molar refractivity (Wildman–Crippen MR) is 57.9 cm³/mol. The van der Waals surface area contributed by atoms with Crippen molar-refractivity contribution in [1.29, 1.82) is 0 Å². The molecule has 1 aromatic rings. The van der Waals surface area contributed by atoms with Crippen LogP contribution < -0.4 is 0 Å². The Labute approximate surface area is 104 Å². The smallest absolute Gasteiger partial charge is 0.358 e. The highest BCUT2D eigenvalue weighted by atomic mass is 79.9. The molecule has 88 valence electrons. The number of nitrogens with zero attached hydrogens (tertiary/aromatic N) is 1. The molecular formula is C9H7BrClF2NO2. The number of rotatable bonds is 3. The first-order valence-corrected chi connectivity index (χ1v) is 5.45. The monoisotopic (exact) mass is 313 g/mol. The van der Waals surface area contributed by atoms with Crippen molar-refractivity contribution >= 4 is 33.5 Å². The van der Waals surface area contributed by atoms with E-state index in [2.05, 4.69) is 25.7 Å². The molecule has 16 heavy (non-hydrogen) atoms. The molecule has 0 aliphatic heterocycles. The molecule has 0 saturated heterocycles. The first-order chi connectivity index (χ1) is 7.49. The molecule has 1 heterocycles. The molecule has 0 atom stereocenters. The molecule has 1 rings (SSSR count). The molecule has 1 aromatic heterocycles. The molecule has 0 radical (unpaired) electrons. The molecule has 0 aliphatic carbocycles. The second kappa shape index (κ2) is 5.54. The fraction of sp³-hybridized carbons (Fsp3) is 0.333. The molecule has 0 saturated carbocycles. The Balaban J connectivity index is 3.16. The molecular weight excluding hydrogens is 307 g/mol. The minimum atomic E-state index is -2.74. The third kappa shape index (κ3) is 2.68. The molecule has 0 N–H and O–H groups in total. The largest absolute Gasteiger partial charge is 0.461 e. The Kier molecular flexibility index (Phi) is 4.61. The van der Waals surface area contributed by atoms with Gasteiger partial charge in [-0.1, -0.05) is 11.6 Å². The average Bonchev–Trinajstić information content (AvgIpc) is 2.21. The maximum atomic E-state index is 12.4. The Bertz CT molecular complexity index is 415. The standard InChI is InChI=1S/C9H7BrClF2NO2/c1-2-16-9(15)7-5(10)6(11)4(3-14-7)8(12)13/h3,8H,2H2,1H3. The van der Waals surface area contributed by atoms with Gasteiger partial charge in [-0.15, -0.1) is 0 Å². The van der Waals surface area contributed by atoms with Gasteiger partial charge in [-0.05, 0) is 22.9 Å². The van der Waals surface area contributed by atoms with Crippen LogP contribution in [0.2, 0.25) is 5.02 Å². The normalized spacial score (nSPS) is 10.6.